The number of fused-ring (bicyclic) bond motifs is 1. The first-order valence-corrected chi connectivity index (χ1v) is 9.76. The van der Waals surface area contributed by atoms with Crippen molar-refractivity contribution in [2.45, 2.75) is 33.4 Å². The number of hydrogen-bond acceptors (Lipinski definition) is 5. The van der Waals surface area contributed by atoms with Gasteiger partial charge in [0.25, 0.3) is 11.5 Å². The van der Waals surface area contributed by atoms with E-state index in [1.165, 1.54) is 9.58 Å². The van der Waals surface area contributed by atoms with E-state index >= 15 is 0 Å². The molecule has 0 fully saturated rings. The molecule has 0 atom stereocenters. The first-order valence-electron chi connectivity index (χ1n) is 9.76. The summed E-state index contributed by atoms with van der Waals surface area (Å²) in [6, 6.07) is 14.3. The van der Waals surface area contributed by atoms with Gasteiger partial charge in [0.2, 0.25) is 0 Å². The number of nitrogens with zero attached hydrogens (tertiary/aromatic N) is 3. The maximum absolute atomic E-state index is 12.7. The van der Waals surface area contributed by atoms with Gasteiger partial charge in [0.15, 0.2) is 12.3 Å². The molecule has 3 aromatic rings. The van der Waals surface area contributed by atoms with Gasteiger partial charge >= 0.3 is 5.97 Å². The minimum atomic E-state index is -0.738. The number of rotatable bonds is 6. The summed E-state index contributed by atoms with van der Waals surface area (Å²) < 4.78 is 6.51. The van der Waals surface area contributed by atoms with Gasteiger partial charge in [-0.05, 0) is 38.0 Å². The molecular formula is C23H25N3O4. The van der Waals surface area contributed by atoms with E-state index in [-0.39, 0.29) is 23.2 Å². The van der Waals surface area contributed by atoms with Crippen molar-refractivity contribution < 1.29 is 14.3 Å². The van der Waals surface area contributed by atoms with Gasteiger partial charge in [-0.2, -0.15) is 5.10 Å². The minimum Gasteiger partial charge on any atom is -0.451 e. The third-order valence-corrected chi connectivity index (χ3v) is 4.93. The van der Waals surface area contributed by atoms with Crippen LogP contribution < -0.4 is 5.56 Å². The van der Waals surface area contributed by atoms with Crippen molar-refractivity contribution in [1.29, 1.82) is 0 Å². The maximum Gasteiger partial charge on any atom is 0.359 e. The molecule has 7 nitrogen and oxygen atoms in total. The highest BCUT2D eigenvalue weighted by Crippen LogP contribution is 2.16. The fraction of sp³-hybridized carbons (Fsp3) is 0.304. The molecule has 156 valence electrons. The van der Waals surface area contributed by atoms with Crippen molar-refractivity contribution in [2.75, 3.05) is 13.7 Å². The SMILES string of the molecule is Cc1ccccc1CN(C)C(=O)COC(=O)c1nn(C(C)C)c(=O)c2ccccc12. The number of aromatic nitrogens is 2. The van der Waals surface area contributed by atoms with Crippen LogP contribution in [0, 0.1) is 6.92 Å². The number of ether oxygens (including phenoxy) is 1. The van der Waals surface area contributed by atoms with Crippen LogP contribution in [-0.2, 0) is 16.1 Å². The number of carbonyl (C=O) groups excluding carboxylic acids is 2. The van der Waals surface area contributed by atoms with Crippen LogP contribution in [0.25, 0.3) is 10.8 Å². The van der Waals surface area contributed by atoms with E-state index in [2.05, 4.69) is 5.10 Å². The van der Waals surface area contributed by atoms with Crippen molar-refractivity contribution in [2.24, 2.45) is 0 Å². The highest BCUT2D eigenvalue weighted by atomic mass is 16.5. The Bertz CT molecular complexity index is 1150. The summed E-state index contributed by atoms with van der Waals surface area (Å²) in [7, 11) is 1.66. The molecule has 0 spiro atoms. The standard InChI is InChI=1S/C23H25N3O4/c1-15(2)26-22(28)19-12-8-7-11-18(19)21(24-26)23(29)30-14-20(27)25(4)13-17-10-6-5-9-16(17)3/h5-12,15H,13-14H2,1-4H3. The lowest BCUT2D eigenvalue weighted by molar-refractivity contribution is -0.133. The molecule has 3 rings (SSSR count). The Hall–Kier alpha value is -3.48. The summed E-state index contributed by atoms with van der Waals surface area (Å²) in [5.74, 6) is -1.06. The van der Waals surface area contributed by atoms with Crippen LogP contribution >= 0.6 is 0 Å². The second kappa shape index (κ2) is 8.90. The van der Waals surface area contributed by atoms with Gasteiger partial charge in [-0.3, -0.25) is 9.59 Å². The molecule has 0 aliphatic rings. The van der Waals surface area contributed by atoms with Crippen LogP contribution in [0.4, 0.5) is 0 Å². The van der Waals surface area contributed by atoms with E-state index in [1.807, 2.05) is 45.0 Å². The minimum absolute atomic E-state index is 0.0215. The molecule has 0 radical (unpaired) electrons. The first-order chi connectivity index (χ1) is 14.3. The van der Waals surface area contributed by atoms with Crippen LogP contribution in [0.1, 0.15) is 41.5 Å². The van der Waals surface area contributed by atoms with E-state index in [0.29, 0.717) is 17.3 Å². The maximum atomic E-state index is 12.7. The number of amides is 1. The van der Waals surface area contributed by atoms with E-state index in [4.69, 9.17) is 4.74 Å². The van der Waals surface area contributed by atoms with Crippen LogP contribution in [0.15, 0.2) is 53.3 Å². The Morgan fingerprint density at radius 1 is 1.07 bits per heavy atom. The van der Waals surface area contributed by atoms with Gasteiger partial charge in [-0.1, -0.05) is 42.5 Å². The highest BCUT2D eigenvalue weighted by Gasteiger charge is 2.21. The van der Waals surface area contributed by atoms with Crippen LogP contribution in [-0.4, -0.2) is 40.2 Å². The molecule has 1 aromatic heterocycles. The molecule has 30 heavy (non-hydrogen) atoms. The summed E-state index contributed by atoms with van der Waals surface area (Å²) in [4.78, 5) is 39.3. The van der Waals surface area contributed by atoms with Crippen molar-refractivity contribution in [3.63, 3.8) is 0 Å². The first kappa shape index (κ1) is 21.2. The summed E-state index contributed by atoms with van der Waals surface area (Å²) in [6.45, 7) is 5.61. The molecule has 7 heteroatoms. The predicted octanol–water partition coefficient (Wildman–Crippen LogP) is 3.10. The number of aryl methyl sites for hydroxylation is 1. The number of carbonyl (C=O) groups is 2. The van der Waals surface area contributed by atoms with E-state index in [0.717, 1.165) is 11.1 Å². The number of benzene rings is 2. The molecule has 2 aromatic carbocycles. The van der Waals surface area contributed by atoms with Crippen molar-refractivity contribution in [1.82, 2.24) is 14.7 Å². The van der Waals surface area contributed by atoms with Gasteiger partial charge in [0.05, 0.1) is 11.4 Å². The summed E-state index contributed by atoms with van der Waals surface area (Å²) in [5.41, 5.74) is 1.86. The molecular weight excluding hydrogens is 382 g/mol. The topological polar surface area (TPSA) is 81.5 Å². The Balaban J connectivity index is 1.77. The zero-order valence-corrected chi connectivity index (χ0v) is 17.6. The van der Waals surface area contributed by atoms with Gasteiger partial charge in [0, 0.05) is 19.0 Å². The highest BCUT2D eigenvalue weighted by molar-refractivity contribution is 6.02. The third kappa shape index (κ3) is 4.40. The second-order valence-electron chi connectivity index (χ2n) is 7.49. The average molecular weight is 407 g/mol. The quantitative estimate of drug-likeness (QED) is 0.587. The summed E-state index contributed by atoms with van der Waals surface area (Å²) >= 11 is 0. The van der Waals surface area contributed by atoms with Crippen LogP contribution in [0.2, 0.25) is 0 Å². The van der Waals surface area contributed by atoms with Gasteiger partial charge in [0.1, 0.15) is 0 Å². The van der Waals surface area contributed by atoms with Crippen LogP contribution in [0.5, 0.6) is 0 Å². The second-order valence-corrected chi connectivity index (χ2v) is 7.49. The zero-order valence-electron chi connectivity index (χ0n) is 17.6. The van der Waals surface area contributed by atoms with Crippen molar-refractivity contribution in [3.05, 3.63) is 75.7 Å². The molecule has 0 unspecified atom stereocenters. The normalized spacial score (nSPS) is 11.0. The lowest BCUT2D eigenvalue weighted by atomic mass is 10.1. The molecule has 0 bridgehead atoms. The lowest BCUT2D eigenvalue weighted by Crippen LogP contribution is -2.32. The zero-order chi connectivity index (χ0) is 21.8. The fourth-order valence-corrected chi connectivity index (χ4v) is 3.14. The Kier molecular flexibility index (Phi) is 6.30. The van der Waals surface area contributed by atoms with Gasteiger partial charge in [-0.25, -0.2) is 9.48 Å². The van der Waals surface area contributed by atoms with E-state index in [9.17, 15) is 14.4 Å². The molecule has 1 amide bonds. The van der Waals surface area contributed by atoms with E-state index in [1.54, 1.807) is 31.3 Å². The Labute approximate surface area is 174 Å². The Morgan fingerprint density at radius 3 is 2.37 bits per heavy atom. The van der Waals surface area contributed by atoms with Crippen molar-refractivity contribution in [3.8, 4) is 0 Å². The molecule has 1 heterocycles. The van der Waals surface area contributed by atoms with Crippen molar-refractivity contribution >= 4 is 22.6 Å². The number of likely N-dealkylation sites (N-methyl/N-ethyl adjacent to an activating group) is 1. The molecule has 0 aliphatic carbocycles. The summed E-state index contributed by atoms with van der Waals surface area (Å²) in [6.07, 6.45) is 0. The third-order valence-electron chi connectivity index (χ3n) is 4.93. The number of esters is 1. The van der Waals surface area contributed by atoms with E-state index < -0.39 is 12.6 Å². The average Bonchev–Trinajstić information content (AvgIpc) is 2.73. The molecule has 0 aliphatic heterocycles. The van der Waals surface area contributed by atoms with Gasteiger partial charge < -0.3 is 9.64 Å². The van der Waals surface area contributed by atoms with Crippen LogP contribution in [0.3, 0.4) is 0 Å². The Morgan fingerprint density at radius 2 is 1.70 bits per heavy atom. The lowest BCUT2D eigenvalue weighted by Gasteiger charge is -2.18. The molecule has 0 saturated heterocycles. The number of hydrogen-bond donors (Lipinski definition) is 0. The fourth-order valence-electron chi connectivity index (χ4n) is 3.14. The van der Waals surface area contributed by atoms with Gasteiger partial charge in [-0.15, -0.1) is 0 Å². The largest absolute Gasteiger partial charge is 0.451 e. The molecule has 0 saturated carbocycles. The predicted molar refractivity (Wildman–Crippen MR) is 114 cm³/mol. The smallest absolute Gasteiger partial charge is 0.359 e. The monoisotopic (exact) mass is 407 g/mol. The molecule has 0 N–H and O–H groups in total. The summed E-state index contributed by atoms with van der Waals surface area (Å²) in [5, 5.41) is 5.00.